The standard InChI is InChI=1S/C29H31NO6/c1-28(2,3)25(32)19-10-6-8-12-23(19)35-27(34)21-16-18(14-15-22(21)31)17-29(4,5)36-24-13-9-7-11-20(24)26(30)33/h6-16,31H,17H2,1-5H3,(H2,30,33). The summed E-state index contributed by atoms with van der Waals surface area (Å²) >= 11 is 0. The van der Waals surface area contributed by atoms with Crippen LogP contribution in [-0.2, 0) is 6.42 Å². The van der Waals surface area contributed by atoms with Gasteiger partial charge in [0.15, 0.2) is 5.78 Å². The van der Waals surface area contributed by atoms with Crippen LogP contribution in [0.3, 0.4) is 0 Å². The Bertz CT molecular complexity index is 1300. The third-order valence-corrected chi connectivity index (χ3v) is 5.47. The van der Waals surface area contributed by atoms with E-state index >= 15 is 0 Å². The maximum absolute atomic E-state index is 13.0. The van der Waals surface area contributed by atoms with E-state index in [9.17, 15) is 19.5 Å². The predicted octanol–water partition coefficient (Wildman–Crippen LogP) is 5.34. The number of hydrogen-bond acceptors (Lipinski definition) is 6. The molecule has 0 spiro atoms. The molecule has 3 N–H and O–H groups in total. The summed E-state index contributed by atoms with van der Waals surface area (Å²) < 4.78 is 11.6. The summed E-state index contributed by atoms with van der Waals surface area (Å²) in [4.78, 5) is 37.6. The average Bonchev–Trinajstić information content (AvgIpc) is 2.79. The smallest absolute Gasteiger partial charge is 0.347 e. The van der Waals surface area contributed by atoms with Gasteiger partial charge in [0.1, 0.15) is 28.4 Å². The summed E-state index contributed by atoms with van der Waals surface area (Å²) in [6.45, 7) is 9.03. The highest BCUT2D eigenvalue weighted by atomic mass is 16.5. The minimum Gasteiger partial charge on any atom is -0.507 e. The number of rotatable bonds is 8. The van der Waals surface area contributed by atoms with Gasteiger partial charge in [0, 0.05) is 11.8 Å². The Hall–Kier alpha value is -4.13. The quantitative estimate of drug-likeness (QED) is 0.251. The Balaban J connectivity index is 1.84. The van der Waals surface area contributed by atoms with Gasteiger partial charge in [-0.25, -0.2) is 4.79 Å². The molecule has 3 rings (SSSR count). The summed E-state index contributed by atoms with van der Waals surface area (Å²) in [6.07, 6.45) is 0.347. The number of amides is 1. The van der Waals surface area contributed by atoms with Crippen LogP contribution >= 0.6 is 0 Å². The minimum absolute atomic E-state index is 0.0427. The van der Waals surface area contributed by atoms with Gasteiger partial charge in [-0.15, -0.1) is 0 Å². The van der Waals surface area contributed by atoms with Crippen molar-refractivity contribution in [2.75, 3.05) is 0 Å². The summed E-state index contributed by atoms with van der Waals surface area (Å²) in [5, 5.41) is 10.4. The van der Waals surface area contributed by atoms with Crippen molar-refractivity contribution in [1.82, 2.24) is 0 Å². The third-order valence-electron chi connectivity index (χ3n) is 5.47. The van der Waals surface area contributed by atoms with Gasteiger partial charge in [-0.05, 0) is 55.8 Å². The number of Topliss-reactive ketones (excluding diaryl/α,β-unsaturated/α-hetero) is 1. The summed E-state index contributed by atoms with van der Waals surface area (Å²) in [7, 11) is 0. The molecule has 36 heavy (non-hydrogen) atoms. The number of hydrogen-bond donors (Lipinski definition) is 2. The molecule has 0 aliphatic heterocycles. The molecule has 7 nitrogen and oxygen atoms in total. The molecule has 0 fully saturated rings. The number of phenols is 1. The zero-order valence-electron chi connectivity index (χ0n) is 21.1. The van der Waals surface area contributed by atoms with E-state index in [1.807, 2.05) is 13.8 Å². The lowest BCUT2D eigenvalue weighted by molar-refractivity contribution is 0.0724. The van der Waals surface area contributed by atoms with Gasteiger partial charge >= 0.3 is 5.97 Å². The van der Waals surface area contributed by atoms with Gasteiger partial charge in [0.25, 0.3) is 5.91 Å². The molecule has 0 atom stereocenters. The monoisotopic (exact) mass is 489 g/mol. The SMILES string of the molecule is CC(C)(Cc1ccc(O)c(C(=O)Oc2ccccc2C(=O)C(C)(C)C)c1)Oc1ccccc1C(N)=O. The number of nitrogens with two attached hydrogens (primary N) is 1. The lowest BCUT2D eigenvalue weighted by Gasteiger charge is -2.28. The first-order valence-electron chi connectivity index (χ1n) is 11.5. The maximum Gasteiger partial charge on any atom is 0.347 e. The van der Waals surface area contributed by atoms with Crippen LogP contribution in [0.2, 0.25) is 0 Å². The topological polar surface area (TPSA) is 116 Å². The van der Waals surface area contributed by atoms with Gasteiger partial charge in [0.05, 0.1) is 11.1 Å². The fraction of sp³-hybridized carbons (Fsp3) is 0.276. The number of benzene rings is 3. The molecule has 0 saturated carbocycles. The van der Waals surface area contributed by atoms with E-state index in [1.165, 1.54) is 12.1 Å². The second-order valence-electron chi connectivity index (χ2n) is 10.2. The van der Waals surface area contributed by atoms with Gasteiger partial charge < -0.3 is 20.3 Å². The van der Waals surface area contributed by atoms with Crippen LogP contribution < -0.4 is 15.2 Å². The Labute approximate surface area is 210 Å². The number of ketones is 1. The Morgan fingerprint density at radius 3 is 2.00 bits per heavy atom. The van der Waals surface area contributed by atoms with Crippen molar-refractivity contribution in [1.29, 1.82) is 0 Å². The molecule has 188 valence electrons. The number of aromatic hydroxyl groups is 1. The Morgan fingerprint density at radius 1 is 0.806 bits per heavy atom. The molecular formula is C29H31NO6. The summed E-state index contributed by atoms with van der Waals surface area (Å²) in [6, 6.07) is 17.8. The lowest BCUT2D eigenvalue weighted by atomic mass is 9.86. The highest BCUT2D eigenvalue weighted by molar-refractivity contribution is 6.03. The molecule has 0 aliphatic carbocycles. The highest BCUT2D eigenvalue weighted by Crippen LogP contribution is 2.30. The number of carbonyl (C=O) groups is 3. The molecule has 3 aromatic carbocycles. The number of carbonyl (C=O) groups excluding carboxylic acids is 3. The van der Waals surface area contributed by atoms with Crippen LogP contribution in [-0.4, -0.2) is 28.4 Å². The first-order chi connectivity index (χ1) is 16.8. The van der Waals surface area contributed by atoms with Crippen molar-refractivity contribution in [2.45, 2.75) is 46.6 Å². The molecule has 0 saturated heterocycles. The maximum atomic E-state index is 13.0. The fourth-order valence-electron chi connectivity index (χ4n) is 3.74. The zero-order valence-corrected chi connectivity index (χ0v) is 21.1. The van der Waals surface area contributed by atoms with Crippen molar-refractivity contribution in [3.63, 3.8) is 0 Å². The molecule has 3 aromatic rings. The molecule has 0 bridgehead atoms. The van der Waals surface area contributed by atoms with E-state index in [0.717, 1.165) is 0 Å². The fourth-order valence-corrected chi connectivity index (χ4v) is 3.74. The molecule has 0 radical (unpaired) electrons. The van der Waals surface area contributed by atoms with Crippen LogP contribution in [0, 0.1) is 5.41 Å². The first-order valence-corrected chi connectivity index (χ1v) is 11.5. The molecular weight excluding hydrogens is 458 g/mol. The average molecular weight is 490 g/mol. The first kappa shape index (κ1) is 26.5. The van der Waals surface area contributed by atoms with Crippen molar-refractivity contribution in [2.24, 2.45) is 11.1 Å². The molecule has 7 heteroatoms. The number of para-hydroxylation sites is 2. The predicted molar refractivity (Wildman–Crippen MR) is 137 cm³/mol. The van der Waals surface area contributed by atoms with E-state index in [2.05, 4.69) is 0 Å². The summed E-state index contributed by atoms with van der Waals surface area (Å²) in [5.74, 6) is -1.32. The third kappa shape index (κ3) is 6.30. The minimum atomic E-state index is -0.790. The molecule has 0 aromatic heterocycles. The second-order valence-corrected chi connectivity index (χ2v) is 10.2. The number of ether oxygens (including phenoxy) is 2. The number of phenolic OH excluding ortho intramolecular Hbond substituents is 1. The van der Waals surface area contributed by atoms with Crippen LogP contribution in [0.4, 0.5) is 0 Å². The van der Waals surface area contributed by atoms with E-state index in [4.69, 9.17) is 15.2 Å². The summed E-state index contributed by atoms with van der Waals surface area (Å²) in [5.41, 5.74) is 5.22. The molecule has 0 aliphatic rings. The van der Waals surface area contributed by atoms with E-state index in [-0.39, 0.29) is 34.0 Å². The second kappa shape index (κ2) is 10.2. The van der Waals surface area contributed by atoms with Crippen LogP contribution in [0.15, 0.2) is 66.7 Å². The number of esters is 1. The zero-order chi connectivity index (χ0) is 26.7. The van der Waals surface area contributed by atoms with Crippen LogP contribution in [0.1, 0.15) is 71.3 Å². The highest BCUT2D eigenvalue weighted by Gasteiger charge is 2.28. The van der Waals surface area contributed by atoms with Gasteiger partial charge in [0.2, 0.25) is 0 Å². The van der Waals surface area contributed by atoms with Gasteiger partial charge in [-0.1, -0.05) is 51.1 Å². The molecule has 1 amide bonds. The largest absolute Gasteiger partial charge is 0.507 e. The molecule has 0 heterocycles. The van der Waals surface area contributed by atoms with E-state index < -0.39 is 22.9 Å². The Kier molecular flexibility index (Phi) is 7.53. The number of primary amides is 1. The molecule has 0 unspecified atom stereocenters. The van der Waals surface area contributed by atoms with Gasteiger partial charge in [-0.3, -0.25) is 9.59 Å². The van der Waals surface area contributed by atoms with E-state index in [1.54, 1.807) is 75.4 Å². The Morgan fingerprint density at radius 2 is 1.39 bits per heavy atom. The van der Waals surface area contributed by atoms with Crippen LogP contribution in [0.25, 0.3) is 0 Å². The van der Waals surface area contributed by atoms with Crippen molar-refractivity contribution >= 4 is 17.7 Å². The lowest BCUT2D eigenvalue weighted by Crippen LogP contribution is -2.32. The van der Waals surface area contributed by atoms with Crippen molar-refractivity contribution < 1.29 is 29.0 Å². The van der Waals surface area contributed by atoms with E-state index in [0.29, 0.717) is 17.7 Å². The van der Waals surface area contributed by atoms with Crippen molar-refractivity contribution in [3.8, 4) is 17.2 Å². The van der Waals surface area contributed by atoms with Crippen molar-refractivity contribution in [3.05, 3.63) is 89.0 Å². The van der Waals surface area contributed by atoms with Crippen LogP contribution in [0.5, 0.6) is 17.2 Å². The normalized spacial score (nSPS) is 11.6. The van der Waals surface area contributed by atoms with Gasteiger partial charge in [-0.2, -0.15) is 0 Å².